The average Bonchev–Trinajstić information content (AvgIpc) is 2.23. The van der Waals surface area contributed by atoms with E-state index in [0.717, 1.165) is 19.4 Å². The highest BCUT2D eigenvalue weighted by Gasteiger charge is 2.40. The molecule has 90 valence electrons. The van der Waals surface area contributed by atoms with Gasteiger partial charge >= 0.3 is 0 Å². The van der Waals surface area contributed by atoms with Crippen molar-refractivity contribution in [1.29, 1.82) is 0 Å². The molecule has 3 unspecified atom stereocenters. The van der Waals surface area contributed by atoms with Gasteiger partial charge in [-0.1, -0.05) is 13.3 Å². The molecule has 5 nitrogen and oxygen atoms in total. The molecule has 0 spiro atoms. The molecule has 1 fully saturated rings. The third kappa shape index (κ3) is 2.89. The van der Waals surface area contributed by atoms with E-state index in [4.69, 9.17) is 5.11 Å². The van der Waals surface area contributed by atoms with Gasteiger partial charge < -0.3 is 20.4 Å². The van der Waals surface area contributed by atoms with Gasteiger partial charge in [0, 0.05) is 6.54 Å². The summed E-state index contributed by atoms with van der Waals surface area (Å²) in [5, 5.41) is 37.8. The number of nitrogens with zero attached hydrogens (tertiary/aromatic N) is 1. The zero-order chi connectivity index (χ0) is 11.4. The standard InChI is InChI=1S/C10H21NO4/c1-2-3-4-11-5-8(13)10(15)9(14)7(11)6-12/h7-10,12-15H,2-6H2,1H3/t7?,8?,9-,10?/m0/s1. The van der Waals surface area contributed by atoms with Crippen molar-refractivity contribution in [1.82, 2.24) is 4.90 Å². The van der Waals surface area contributed by atoms with Crippen LogP contribution in [-0.2, 0) is 0 Å². The molecule has 1 aliphatic rings. The monoisotopic (exact) mass is 219 g/mol. The lowest BCUT2D eigenvalue weighted by atomic mass is 9.94. The van der Waals surface area contributed by atoms with Crippen LogP contribution >= 0.6 is 0 Å². The Hall–Kier alpha value is -0.200. The Bertz CT molecular complexity index is 190. The molecule has 0 amide bonds. The van der Waals surface area contributed by atoms with Gasteiger partial charge in [-0.3, -0.25) is 4.90 Å². The number of β-amino-alcohol motifs (C(OH)–C–C–N with tert-alkyl or cyclic N) is 1. The largest absolute Gasteiger partial charge is 0.395 e. The lowest BCUT2D eigenvalue weighted by Crippen LogP contribution is -2.62. The van der Waals surface area contributed by atoms with Crippen LogP contribution in [0.1, 0.15) is 19.8 Å². The summed E-state index contributed by atoms with van der Waals surface area (Å²) >= 11 is 0. The number of hydrogen-bond donors (Lipinski definition) is 4. The van der Waals surface area contributed by atoms with Crippen molar-refractivity contribution in [3.63, 3.8) is 0 Å². The van der Waals surface area contributed by atoms with Crippen molar-refractivity contribution in [3.05, 3.63) is 0 Å². The van der Waals surface area contributed by atoms with Crippen LogP contribution in [0, 0.1) is 0 Å². The van der Waals surface area contributed by atoms with Gasteiger partial charge in [0.2, 0.25) is 0 Å². The Balaban J connectivity index is 2.60. The summed E-state index contributed by atoms with van der Waals surface area (Å²) in [5.41, 5.74) is 0. The first-order valence-corrected chi connectivity index (χ1v) is 5.51. The first-order valence-electron chi connectivity index (χ1n) is 5.51. The zero-order valence-electron chi connectivity index (χ0n) is 9.08. The summed E-state index contributed by atoms with van der Waals surface area (Å²) in [5.74, 6) is 0. The molecule has 1 rings (SSSR count). The first kappa shape index (κ1) is 12.9. The second-order valence-corrected chi connectivity index (χ2v) is 4.15. The Labute approximate surface area is 90.0 Å². The summed E-state index contributed by atoms with van der Waals surface area (Å²) < 4.78 is 0. The molecule has 15 heavy (non-hydrogen) atoms. The van der Waals surface area contributed by atoms with Crippen LogP contribution in [0.4, 0.5) is 0 Å². The maximum atomic E-state index is 9.67. The van der Waals surface area contributed by atoms with Gasteiger partial charge in [-0.15, -0.1) is 0 Å². The molecular formula is C10H21NO4. The summed E-state index contributed by atoms with van der Waals surface area (Å²) in [6.07, 6.45) is -1.19. The molecule has 0 bridgehead atoms. The number of hydrogen-bond acceptors (Lipinski definition) is 5. The molecular weight excluding hydrogens is 198 g/mol. The second kappa shape index (κ2) is 5.77. The van der Waals surface area contributed by atoms with Gasteiger partial charge in [-0.05, 0) is 13.0 Å². The lowest BCUT2D eigenvalue weighted by Gasteiger charge is -2.43. The predicted molar refractivity (Wildman–Crippen MR) is 55.4 cm³/mol. The summed E-state index contributed by atoms with van der Waals surface area (Å²) in [6.45, 7) is 2.89. The van der Waals surface area contributed by atoms with Crippen molar-refractivity contribution in [2.75, 3.05) is 19.7 Å². The molecule has 0 aromatic rings. The van der Waals surface area contributed by atoms with Crippen molar-refractivity contribution < 1.29 is 20.4 Å². The average molecular weight is 219 g/mol. The van der Waals surface area contributed by atoms with Gasteiger partial charge in [-0.2, -0.15) is 0 Å². The highest BCUT2D eigenvalue weighted by atomic mass is 16.4. The minimum absolute atomic E-state index is 0.200. The summed E-state index contributed by atoms with van der Waals surface area (Å²) in [4.78, 5) is 1.84. The van der Waals surface area contributed by atoms with E-state index >= 15 is 0 Å². The Morgan fingerprint density at radius 3 is 2.40 bits per heavy atom. The SMILES string of the molecule is CCCCN1CC(O)C(O)[C@@H](O)C1CO. The molecule has 1 saturated heterocycles. The van der Waals surface area contributed by atoms with E-state index in [1.54, 1.807) is 0 Å². The Morgan fingerprint density at radius 2 is 1.87 bits per heavy atom. The third-order valence-corrected chi connectivity index (χ3v) is 3.01. The van der Waals surface area contributed by atoms with E-state index in [1.165, 1.54) is 0 Å². The molecule has 0 aromatic carbocycles. The number of piperidine rings is 1. The fraction of sp³-hybridized carbons (Fsp3) is 1.00. The van der Waals surface area contributed by atoms with E-state index < -0.39 is 24.4 Å². The van der Waals surface area contributed by atoms with Crippen LogP contribution in [0.5, 0.6) is 0 Å². The van der Waals surface area contributed by atoms with Crippen LogP contribution < -0.4 is 0 Å². The van der Waals surface area contributed by atoms with Gasteiger partial charge in [0.05, 0.1) is 18.8 Å². The number of rotatable bonds is 4. The quantitative estimate of drug-likeness (QED) is 0.465. The van der Waals surface area contributed by atoms with Gasteiger partial charge in [0.25, 0.3) is 0 Å². The Kier molecular flexibility index (Phi) is 4.95. The molecule has 4 N–H and O–H groups in total. The minimum atomic E-state index is -1.15. The molecule has 0 aromatic heterocycles. The maximum Gasteiger partial charge on any atom is 0.109 e. The molecule has 4 atom stereocenters. The lowest BCUT2D eigenvalue weighted by molar-refractivity contribution is -0.145. The van der Waals surface area contributed by atoms with Gasteiger partial charge in [-0.25, -0.2) is 0 Å². The second-order valence-electron chi connectivity index (χ2n) is 4.15. The van der Waals surface area contributed by atoms with Crippen molar-refractivity contribution >= 4 is 0 Å². The van der Waals surface area contributed by atoms with E-state index in [-0.39, 0.29) is 6.61 Å². The zero-order valence-corrected chi connectivity index (χ0v) is 9.08. The highest BCUT2D eigenvalue weighted by Crippen LogP contribution is 2.19. The van der Waals surface area contributed by atoms with Crippen molar-refractivity contribution in [2.45, 2.75) is 44.1 Å². The number of likely N-dealkylation sites (tertiary alicyclic amines) is 1. The topological polar surface area (TPSA) is 84.2 Å². The van der Waals surface area contributed by atoms with Crippen LogP contribution in [0.3, 0.4) is 0 Å². The van der Waals surface area contributed by atoms with E-state index in [1.807, 2.05) is 4.90 Å². The number of aliphatic hydroxyl groups excluding tert-OH is 4. The normalized spacial score (nSPS) is 38.2. The summed E-state index contributed by atoms with van der Waals surface area (Å²) in [6, 6.07) is -0.463. The van der Waals surface area contributed by atoms with Crippen LogP contribution in [0.25, 0.3) is 0 Å². The number of unbranched alkanes of at least 4 members (excludes halogenated alkanes) is 1. The van der Waals surface area contributed by atoms with Crippen molar-refractivity contribution in [2.24, 2.45) is 0 Å². The smallest absolute Gasteiger partial charge is 0.109 e. The number of aliphatic hydroxyl groups is 4. The third-order valence-electron chi connectivity index (χ3n) is 3.01. The van der Waals surface area contributed by atoms with E-state index in [0.29, 0.717) is 6.54 Å². The van der Waals surface area contributed by atoms with Crippen LogP contribution in [-0.4, -0.2) is 69.4 Å². The van der Waals surface area contributed by atoms with Crippen LogP contribution in [0.2, 0.25) is 0 Å². The predicted octanol–water partition coefficient (Wildman–Crippen LogP) is -1.45. The fourth-order valence-corrected chi connectivity index (χ4v) is 2.00. The molecule has 0 saturated carbocycles. The molecule has 1 heterocycles. The summed E-state index contributed by atoms with van der Waals surface area (Å²) in [7, 11) is 0. The highest BCUT2D eigenvalue weighted by molar-refractivity contribution is 4.93. The fourth-order valence-electron chi connectivity index (χ4n) is 2.00. The van der Waals surface area contributed by atoms with E-state index in [2.05, 4.69) is 6.92 Å². The maximum absolute atomic E-state index is 9.67. The van der Waals surface area contributed by atoms with Crippen molar-refractivity contribution in [3.8, 4) is 0 Å². The Morgan fingerprint density at radius 1 is 1.20 bits per heavy atom. The first-order chi connectivity index (χ1) is 7.11. The molecule has 0 aliphatic carbocycles. The minimum Gasteiger partial charge on any atom is -0.395 e. The molecule has 1 aliphatic heterocycles. The van der Waals surface area contributed by atoms with Gasteiger partial charge in [0.15, 0.2) is 0 Å². The van der Waals surface area contributed by atoms with Crippen LogP contribution in [0.15, 0.2) is 0 Å². The molecule has 0 radical (unpaired) electrons. The van der Waals surface area contributed by atoms with Gasteiger partial charge in [0.1, 0.15) is 12.2 Å². The van der Waals surface area contributed by atoms with E-state index in [9.17, 15) is 15.3 Å². The molecule has 5 heteroatoms.